The van der Waals surface area contributed by atoms with E-state index < -0.39 is 23.2 Å². The van der Waals surface area contributed by atoms with Crippen molar-refractivity contribution in [3.05, 3.63) is 29.6 Å². The van der Waals surface area contributed by atoms with Crippen LogP contribution in [0.1, 0.15) is 30.6 Å². The molecule has 0 radical (unpaired) electrons. The van der Waals surface area contributed by atoms with Crippen molar-refractivity contribution < 1.29 is 19.1 Å². The molecule has 0 spiro atoms. The van der Waals surface area contributed by atoms with E-state index >= 15 is 0 Å². The van der Waals surface area contributed by atoms with Crippen LogP contribution in [0.3, 0.4) is 0 Å². The molecule has 0 fully saturated rings. The maximum absolute atomic E-state index is 12.9. The number of carboxylic acid groups (broad SMARTS) is 1. The lowest BCUT2D eigenvalue weighted by molar-refractivity contribution is -0.117. The Labute approximate surface area is 104 Å². The Morgan fingerprint density at radius 2 is 2.06 bits per heavy atom. The Morgan fingerprint density at radius 1 is 1.44 bits per heavy atom. The van der Waals surface area contributed by atoms with Gasteiger partial charge in [0.05, 0.1) is 11.3 Å². The Bertz CT molecular complexity index is 481. The van der Waals surface area contributed by atoms with Crippen molar-refractivity contribution in [3.63, 3.8) is 0 Å². The van der Waals surface area contributed by atoms with Crippen molar-refractivity contribution in [3.8, 4) is 0 Å². The molecule has 1 aromatic rings. The van der Waals surface area contributed by atoms with Gasteiger partial charge in [-0.25, -0.2) is 9.18 Å². The molecule has 0 saturated heterocycles. The van der Waals surface area contributed by atoms with E-state index in [2.05, 4.69) is 5.32 Å². The van der Waals surface area contributed by atoms with Crippen LogP contribution in [0, 0.1) is 5.82 Å². The summed E-state index contributed by atoms with van der Waals surface area (Å²) in [5, 5.41) is 11.3. The molecule has 1 rings (SSSR count). The number of carbonyl (C=O) groups excluding carboxylic acids is 1. The fourth-order valence-corrected chi connectivity index (χ4v) is 1.41. The van der Waals surface area contributed by atoms with E-state index in [0.717, 1.165) is 12.1 Å². The summed E-state index contributed by atoms with van der Waals surface area (Å²) in [6.45, 7) is 3.35. The smallest absolute Gasteiger partial charge is 0.337 e. The first-order valence-corrected chi connectivity index (χ1v) is 5.30. The molecule has 6 heteroatoms. The summed E-state index contributed by atoms with van der Waals surface area (Å²) in [5.74, 6) is -2.40. The number of anilines is 1. The highest BCUT2D eigenvalue weighted by Gasteiger charge is 2.19. The zero-order valence-corrected chi connectivity index (χ0v) is 10.2. The molecule has 98 valence electrons. The van der Waals surface area contributed by atoms with Crippen LogP contribution < -0.4 is 11.1 Å². The summed E-state index contributed by atoms with van der Waals surface area (Å²) in [5.41, 5.74) is 4.73. The van der Waals surface area contributed by atoms with Crippen LogP contribution in [0.25, 0.3) is 0 Å². The number of nitrogens with one attached hydrogen (secondary N) is 1. The Hall–Kier alpha value is -1.95. The minimum atomic E-state index is -1.31. The molecule has 0 aliphatic carbocycles. The summed E-state index contributed by atoms with van der Waals surface area (Å²) < 4.78 is 12.9. The zero-order chi connectivity index (χ0) is 13.9. The molecule has 1 amide bonds. The van der Waals surface area contributed by atoms with Crippen LogP contribution in [-0.2, 0) is 4.79 Å². The highest BCUT2D eigenvalue weighted by atomic mass is 19.1. The lowest BCUT2D eigenvalue weighted by Crippen LogP contribution is -2.36. The topological polar surface area (TPSA) is 92.4 Å². The summed E-state index contributed by atoms with van der Waals surface area (Å²) in [7, 11) is 0. The third-order valence-corrected chi connectivity index (χ3v) is 2.10. The summed E-state index contributed by atoms with van der Waals surface area (Å²) in [4.78, 5) is 22.5. The molecule has 0 aliphatic rings. The Kier molecular flexibility index (Phi) is 4.03. The van der Waals surface area contributed by atoms with Gasteiger partial charge in [-0.05, 0) is 32.0 Å². The predicted molar refractivity (Wildman–Crippen MR) is 64.9 cm³/mol. The average molecular weight is 254 g/mol. The lowest BCUT2D eigenvalue weighted by Gasteiger charge is -2.18. The minimum Gasteiger partial charge on any atom is -0.478 e. The number of carbonyl (C=O) groups is 2. The molecule has 4 N–H and O–H groups in total. The van der Waals surface area contributed by atoms with Crippen molar-refractivity contribution >= 4 is 17.6 Å². The normalized spacial score (nSPS) is 11.1. The summed E-state index contributed by atoms with van der Waals surface area (Å²) >= 11 is 0. The van der Waals surface area contributed by atoms with E-state index in [1.54, 1.807) is 13.8 Å². The van der Waals surface area contributed by atoms with Gasteiger partial charge in [0, 0.05) is 12.0 Å². The van der Waals surface area contributed by atoms with Gasteiger partial charge in [0.25, 0.3) is 0 Å². The van der Waals surface area contributed by atoms with E-state index in [0.29, 0.717) is 0 Å². The van der Waals surface area contributed by atoms with E-state index in [9.17, 15) is 14.0 Å². The molecular weight excluding hydrogens is 239 g/mol. The fraction of sp³-hybridized carbons (Fsp3) is 0.333. The molecule has 0 bridgehead atoms. The van der Waals surface area contributed by atoms with Gasteiger partial charge in [-0.15, -0.1) is 0 Å². The number of rotatable bonds is 4. The number of amides is 1. The quantitative estimate of drug-likeness (QED) is 0.760. The van der Waals surface area contributed by atoms with Gasteiger partial charge in [0.2, 0.25) is 5.91 Å². The Balaban J connectivity index is 2.91. The predicted octanol–water partition coefficient (Wildman–Crippen LogP) is 1.59. The number of aromatic carboxylic acids is 1. The van der Waals surface area contributed by atoms with Crippen molar-refractivity contribution in [2.24, 2.45) is 5.73 Å². The van der Waals surface area contributed by atoms with Crippen molar-refractivity contribution in [2.45, 2.75) is 25.8 Å². The first-order valence-electron chi connectivity index (χ1n) is 5.30. The van der Waals surface area contributed by atoms with Crippen molar-refractivity contribution in [1.29, 1.82) is 0 Å². The van der Waals surface area contributed by atoms with Crippen LogP contribution in [-0.4, -0.2) is 22.5 Å². The van der Waals surface area contributed by atoms with Gasteiger partial charge >= 0.3 is 5.97 Å². The SMILES string of the molecule is CC(C)(N)CC(=O)Nc1ccc(F)cc1C(=O)O. The van der Waals surface area contributed by atoms with Crippen LogP contribution in [0.15, 0.2) is 18.2 Å². The molecule has 0 unspecified atom stereocenters. The van der Waals surface area contributed by atoms with Gasteiger partial charge < -0.3 is 16.2 Å². The van der Waals surface area contributed by atoms with Crippen LogP contribution >= 0.6 is 0 Å². The molecule has 0 atom stereocenters. The molecule has 0 saturated carbocycles. The monoisotopic (exact) mass is 254 g/mol. The minimum absolute atomic E-state index is 0.0312. The van der Waals surface area contributed by atoms with E-state index in [-0.39, 0.29) is 17.7 Å². The lowest BCUT2D eigenvalue weighted by atomic mass is 10.0. The number of nitrogens with two attached hydrogens (primary N) is 1. The van der Waals surface area contributed by atoms with Gasteiger partial charge in [0.15, 0.2) is 0 Å². The highest BCUT2D eigenvalue weighted by Crippen LogP contribution is 2.18. The standard InChI is InChI=1S/C12H15FN2O3/c1-12(2,14)6-10(16)15-9-4-3-7(13)5-8(9)11(17)18/h3-5H,6,14H2,1-2H3,(H,15,16)(H,17,18). The van der Waals surface area contributed by atoms with Gasteiger partial charge in [-0.1, -0.05) is 0 Å². The van der Waals surface area contributed by atoms with Gasteiger partial charge in [-0.3, -0.25) is 4.79 Å². The van der Waals surface area contributed by atoms with Crippen LogP contribution in [0.2, 0.25) is 0 Å². The molecular formula is C12H15FN2O3. The van der Waals surface area contributed by atoms with Crippen molar-refractivity contribution in [2.75, 3.05) is 5.32 Å². The Morgan fingerprint density at radius 3 is 2.56 bits per heavy atom. The molecule has 1 aromatic carbocycles. The second kappa shape index (κ2) is 5.14. The first-order chi connectivity index (χ1) is 8.19. The highest BCUT2D eigenvalue weighted by molar-refractivity contribution is 6.00. The maximum atomic E-state index is 12.9. The first kappa shape index (κ1) is 14.1. The molecule has 0 aliphatic heterocycles. The van der Waals surface area contributed by atoms with Gasteiger partial charge in [-0.2, -0.15) is 0 Å². The zero-order valence-electron chi connectivity index (χ0n) is 10.2. The third-order valence-electron chi connectivity index (χ3n) is 2.10. The second-order valence-electron chi connectivity index (χ2n) is 4.71. The van der Waals surface area contributed by atoms with Gasteiger partial charge in [0.1, 0.15) is 5.82 Å². The molecule has 0 heterocycles. The van der Waals surface area contributed by atoms with Crippen molar-refractivity contribution in [1.82, 2.24) is 0 Å². The molecule has 18 heavy (non-hydrogen) atoms. The average Bonchev–Trinajstić information content (AvgIpc) is 2.17. The number of hydrogen-bond donors (Lipinski definition) is 3. The van der Waals surface area contributed by atoms with Crippen LogP contribution in [0.5, 0.6) is 0 Å². The number of hydrogen-bond acceptors (Lipinski definition) is 3. The summed E-state index contributed by atoms with van der Waals surface area (Å²) in [6, 6.07) is 3.14. The number of halogens is 1. The fourth-order valence-electron chi connectivity index (χ4n) is 1.41. The van der Waals surface area contributed by atoms with E-state index in [4.69, 9.17) is 10.8 Å². The maximum Gasteiger partial charge on any atom is 0.337 e. The van der Waals surface area contributed by atoms with E-state index in [1.165, 1.54) is 6.07 Å². The van der Waals surface area contributed by atoms with Crippen LogP contribution in [0.4, 0.5) is 10.1 Å². The summed E-state index contributed by atoms with van der Waals surface area (Å²) in [6.07, 6.45) is 0.0312. The second-order valence-corrected chi connectivity index (χ2v) is 4.71. The third kappa shape index (κ3) is 4.14. The largest absolute Gasteiger partial charge is 0.478 e. The van der Waals surface area contributed by atoms with E-state index in [1.807, 2.05) is 0 Å². The number of carboxylic acids is 1. The molecule has 0 aromatic heterocycles. The molecule has 5 nitrogen and oxygen atoms in total. The number of benzene rings is 1.